The summed E-state index contributed by atoms with van der Waals surface area (Å²) in [5, 5.41) is 12.4. The second kappa shape index (κ2) is 6.64. The summed E-state index contributed by atoms with van der Waals surface area (Å²) in [7, 11) is 0. The van der Waals surface area contributed by atoms with Crippen LogP contribution in [0.4, 0.5) is 0 Å². The number of hydrogen-bond acceptors (Lipinski definition) is 3. The predicted octanol–water partition coefficient (Wildman–Crippen LogP) is 2.19. The van der Waals surface area contributed by atoms with Gasteiger partial charge in [-0.2, -0.15) is 11.8 Å². The van der Waals surface area contributed by atoms with Crippen molar-refractivity contribution in [3.63, 3.8) is 0 Å². The summed E-state index contributed by atoms with van der Waals surface area (Å²) in [4.78, 5) is 12.3. The van der Waals surface area contributed by atoms with Crippen LogP contribution in [0.2, 0.25) is 0 Å². The predicted molar refractivity (Wildman–Crippen MR) is 73.2 cm³/mol. The van der Waals surface area contributed by atoms with Gasteiger partial charge in [0.2, 0.25) is 5.91 Å². The molecule has 2 unspecified atom stereocenters. The summed E-state index contributed by atoms with van der Waals surface area (Å²) in [5.74, 6) is 0.164. The Kier molecular flexibility index (Phi) is 5.80. The van der Waals surface area contributed by atoms with Crippen molar-refractivity contribution in [2.75, 3.05) is 12.9 Å². The first-order valence-electron chi connectivity index (χ1n) is 6.48. The monoisotopic (exact) mass is 259 g/mol. The Morgan fingerprint density at radius 3 is 2.47 bits per heavy atom. The molecule has 0 saturated heterocycles. The number of carbonyl (C=O) groups excluding carboxylic acids is 1. The van der Waals surface area contributed by atoms with Crippen LogP contribution in [0.1, 0.15) is 46.0 Å². The van der Waals surface area contributed by atoms with Gasteiger partial charge in [0.05, 0.1) is 6.61 Å². The largest absolute Gasteiger partial charge is 0.395 e. The van der Waals surface area contributed by atoms with E-state index in [4.69, 9.17) is 0 Å². The van der Waals surface area contributed by atoms with Crippen LogP contribution in [0.5, 0.6) is 0 Å². The molecule has 0 aromatic rings. The van der Waals surface area contributed by atoms with Crippen molar-refractivity contribution in [3.05, 3.63) is 0 Å². The molecule has 0 aromatic carbocycles. The topological polar surface area (TPSA) is 49.3 Å². The molecule has 3 nitrogen and oxygen atoms in total. The zero-order chi connectivity index (χ0) is 12.9. The van der Waals surface area contributed by atoms with Crippen molar-refractivity contribution in [3.8, 4) is 0 Å². The van der Waals surface area contributed by atoms with E-state index in [1.54, 1.807) is 11.8 Å². The first-order valence-corrected chi connectivity index (χ1v) is 7.77. The van der Waals surface area contributed by atoms with Crippen molar-refractivity contribution >= 4 is 17.7 Å². The Labute approximate surface area is 109 Å². The van der Waals surface area contributed by atoms with Crippen molar-refractivity contribution in [1.29, 1.82) is 0 Å². The molecule has 0 radical (unpaired) electrons. The maximum Gasteiger partial charge on any atom is 0.226 e. The minimum atomic E-state index is -0.190. The molecule has 2 atom stereocenters. The lowest BCUT2D eigenvalue weighted by Crippen LogP contribution is -2.48. The average Bonchev–Trinajstić information content (AvgIpc) is 2.31. The molecule has 2 N–H and O–H groups in total. The van der Waals surface area contributed by atoms with Crippen LogP contribution < -0.4 is 5.32 Å². The van der Waals surface area contributed by atoms with Crippen LogP contribution >= 0.6 is 11.8 Å². The molecule has 1 amide bonds. The van der Waals surface area contributed by atoms with Gasteiger partial charge in [0.25, 0.3) is 0 Å². The highest BCUT2D eigenvalue weighted by molar-refractivity contribution is 7.99. The Morgan fingerprint density at radius 1 is 1.41 bits per heavy atom. The van der Waals surface area contributed by atoms with Gasteiger partial charge in [-0.05, 0) is 26.0 Å². The Bertz CT molecular complexity index is 248. The second-order valence-electron chi connectivity index (χ2n) is 5.34. The molecule has 1 aliphatic carbocycles. The van der Waals surface area contributed by atoms with Crippen molar-refractivity contribution in [2.45, 2.75) is 57.2 Å². The average molecular weight is 259 g/mol. The van der Waals surface area contributed by atoms with Crippen LogP contribution in [0.25, 0.3) is 0 Å². The second-order valence-corrected chi connectivity index (χ2v) is 6.42. The molecule has 1 aliphatic rings. The van der Waals surface area contributed by atoms with Gasteiger partial charge < -0.3 is 10.4 Å². The summed E-state index contributed by atoms with van der Waals surface area (Å²) >= 11 is 1.60. The van der Waals surface area contributed by atoms with Gasteiger partial charge in [-0.25, -0.2) is 0 Å². The fourth-order valence-corrected chi connectivity index (χ4v) is 3.10. The van der Waals surface area contributed by atoms with Crippen molar-refractivity contribution in [2.24, 2.45) is 5.41 Å². The van der Waals surface area contributed by atoms with E-state index in [-0.39, 0.29) is 29.2 Å². The van der Waals surface area contributed by atoms with Crippen LogP contribution in [0, 0.1) is 5.41 Å². The molecular formula is C13H25NO2S. The van der Waals surface area contributed by atoms with Crippen LogP contribution in [-0.4, -0.2) is 35.2 Å². The third-order valence-corrected chi connectivity index (χ3v) is 5.07. The molecule has 0 aromatic heterocycles. The first kappa shape index (κ1) is 14.8. The highest BCUT2D eigenvalue weighted by Crippen LogP contribution is 2.36. The van der Waals surface area contributed by atoms with E-state index >= 15 is 0 Å². The zero-order valence-corrected chi connectivity index (χ0v) is 12.0. The number of amides is 1. The number of hydrogen-bond donors (Lipinski definition) is 2. The molecule has 4 heteroatoms. The van der Waals surface area contributed by atoms with Gasteiger partial charge >= 0.3 is 0 Å². The molecular weight excluding hydrogens is 234 g/mol. The number of thioether (sulfide) groups is 1. The molecule has 0 bridgehead atoms. The van der Waals surface area contributed by atoms with E-state index in [9.17, 15) is 9.90 Å². The number of carbonyl (C=O) groups is 1. The van der Waals surface area contributed by atoms with Crippen LogP contribution in [0.3, 0.4) is 0 Å². The number of aliphatic hydroxyl groups is 1. The van der Waals surface area contributed by atoms with E-state index in [0.717, 1.165) is 25.7 Å². The Balaban J connectivity index is 2.52. The number of aliphatic hydroxyl groups excluding tert-OH is 1. The zero-order valence-electron chi connectivity index (χ0n) is 11.2. The molecule has 1 fully saturated rings. The smallest absolute Gasteiger partial charge is 0.226 e. The molecule has 100 valence electrons. The summed E-state index contributed by atoms with van der Waals surface area (Å²) < 4.78 is 0. The van der Waals surface area contributed by atoms with Crippen LogP contribution in [-0.2, 0) is 4.79 Å². The van der Waals surface area contributed by atoms with Gasteiger partial charge in [-0.1, -0.05) is 26.2 Å². The lowest BCUT2D eigenvalue weighted by atomic mass is 9.75. The SMILES string of the molecule is CSC(CO)C(C)NC(=O)C1(C)CCCCC1. The van der Waals surface area contributed by atoms with E-state index in [1.165, 1.54) is 6.42 Å². The molecule has 0 aliphatic heterocycles. The molecule has 17 heavy (non-hydrogen) atoms. The first-order chi connectivity index (χ1) is 8.03. The standard InChI is InChI=1S/C13H25NO2S/c1-10(11(9-15)17-3)14-12(16)13(2)7-5-4-6-8-13/h10-11,15H,4-9H2,1-3H3,(H,14,16). The number of nitrogens with one attached hydrogen (secondary N) is 1. The lowest BCUT2D eigenvalue weighted by Gasteiger charge is -2.34. The van der Waals surface area contributed by atoms with Gasteiger partial charge in [-0.3, -0.25) is 4.79 Å². The Morgan fingerprint density at radius 2 is 2.00 bits per heavy atom. The van der Waals surface area contributed by atoms with E-state index in [1.807, 2.05) is 13.2 Å². The summed E-state index contributed by atoms with van der Waals surface area (Å²) in [6.45, 7) is 4.15. The summed E-state index contributed by atoms with van der Waals surface area (Å²) in [6.07, 6.45) is 7.52. The third-order valence-electron chi connectivity index (χ3n) is 3.90. The highest BCUT2D eigenvalue weighted by atomic mass is 32.2. The number of rotatable bonds is 5. The molecule has 1 rings (SSSR count). The maximum absolute atomic E-state index is 12.3. The summed E-state index contributed by atoms with van der Waals surface area (Å²) in [6, 6.07) is 0.0289. The molecule has 0 heterocycles. The van der Waals surface area contributed by atoms with Gasteiger partial charge in [0.1, 0.15) is 0 Å². The molecule has 0 spiro atoms. The minimum absolute atomic E-state index is 0.0289. The Hall–Kier alpha value is -0.220. The summed E-state index contributed by atoms with van der Waals surface area (Å²) in [5.41, 5.74) is -0.190. The van der Waals surface area contributed by atoms with Gasteiger partial charge in [0, 0.05) is 16.7 Å². The van der Waals surface area contributed by atoms with Crippen molar-refractivity contribution in [1.82, 2.24) is 5.32 Å². The fourth-order valence-electron chi connectivity index (χ4n) is 2.47. The van der Waals surface area contributed by atoms with Crippen molar-refractivity contribution < 1.29 is 9.90 Å². The fraction of sp³-hybridized carbons (Fsp3) is 0.923. The van der Waals surface area contributed by atoms with E-state index in [0.29, 0.717) is 0 Å². The minimum Gasteiger partial charge on any atom is -0.395 e. The van der Waals surface area contributed by atoms with E-state index < -0.39 is 0 Å². The lowest BCUT2D eigenvalue weighted by molar-refractivity contribution is -0.132. The maximum atomic E-state index is 12.3. The van der Waals surface area contributed by atoms with Gasteiger partial charge in [-0.15, -0.1) is 0 Å². The quantitative estimate of drug-likeness (QED) is 0.795. The van der Waals surface area contributed by atoms with Gasteiger partial charge in [0.15, 0.2) is 0 Å². The van der Waals surface area contributed by atoms with E-state index in [2.05, 4.69) is 12.2 Å². The third kappa shape index (κ3) is 3.88. The highest BCUT2D eigenvalue weighted by Gasteiger charge is 2.35. The molecule has 1 saturated carbocycles. The van der Waals surface area contributed by atoms with Crippen LogP contribution in [0.15, 0.2) is 0 Å². The normalized spacial score (nSPS) is 22.8.